The molecule has 0 aromatic heterocycles. The molecular weight excluding hydrogens is 384 g/mol. The van der Waals surface area contributed by atoms with Crippen LogP contribution in [0, 0.1) is 0 Å². The largest absolute Gasteiger partial charge is 0.352 e. The molecule has 4 heteroatoms. The molecule has 1 aliphatic carbocycles. The van der Waals surface area contributed by atoms with Crippen molar-refractivity contribution in [1.82, 2.24) is 10.2 Å². The number of amides is 2. The molecule has 0 radical (unpaired) electrons. The molecule has 31 heavy (non-hydrogen) atoms. The van der Waals surface area contributed by atoms with Crippen LogP contribution in [0.25, 0.3) is 0 Å². The van der Waals surface area contributed by atoms with Crippen LogP contribution < -0.4 is 5.32 Å². The highest BCUT2D eigenvalue weighted by molar-refractivity contribution is 5.87. The van der Waals surface area contributed by atoms with E-state index in [-0.39, 0.29) is 17.9 Å². The molecule has 2 aromatic rings. The Kier molecular flexibility index (Phi) is 8.69. The van der Waals surface area contributed by atoms with Crippen molar-refractivity contribution in [2.75, 3.05) is 6.54 Å². The third-order valence-corrected chi connectivity index (χ3v) is 6.41. The predicted octanol–water partition coefficient (Wildman–Crippen LogP) is 4.70. The van der Waals surface area contributed by atoms with Gasteiger partial charge in [-0.25, -0.2) is 0 Å². The number of hydrogen-bond acceptors (Lipinski definition) is 2. The summed E-state index contributed by atoms with van der Waals surface area (Å²) in [7, 11) is 0. The first-order valence-corrected chi connectivity index (χ1v) is 11.8. The topological polar surface area (TPSA) is 49.4 Å². The normalized spacial score (nSPS) is 14.9. The van der Waals surface area contributed by atoms with Gasteiger partial charge in [-0.05, 0) is 55.7 Å². The van der Waals surface area contributed by atoms with Crippen LogP contribution in [0.4, 0.5) is 0 Å². The van der Waals surface area contributed by atoms with E-state index >= 15 is 0 Å². The van der Waals surface area contributed by atoms with E-state index in [0.29, 0.717) is 19.4 Å². The van der Waals surface area contributed by atoms with Gasteiger partial charge in [-0.3, -0.25) is 9.59 Å². The molecule has 1 N–H and O–H groups in total. The summed E-state index contributed by atoms with van der Waals surface area (Å²) in [6.07, 6.45) is 7.32. The maximum absolute atomic E-state index is 13.2. The molecule has 3 rings (SSSR count). The maximum atomic E-state index is 13.2. The lowest BCUT2D eigenvalue weighted by atomic mass is 10.0. The molecule has 1 fully saturated rings. The highest BCUT2D eigenvalue weighted by Crippen LogP contribution is 2.18. The van der Waals surface area contributed by atoms with Crippen molar-refractivity contribution in [2.45, 2.75) is 77.3 Å². The smallest absolute Gasteiger partial charge is 0.242 e. The number of aryl methyl sites for hydroxylation is 2. The van der Waals surface area contributed by atoms with Crippen LogP contribution in [0.2, 0.25) is 0 Å². The van der Waals surface area contributed by atoms with Crippen LogP contribution in [0.3, 0.4) is 0 Å². The van der Waals surface area contributed by atoms with Crippen LogP contribution in [0.15, 0.2) is 54.6 Å². The minimum absolute atomic E-state index is 0.0272. The van der Waals surface area contributed by atoms with Crippen LogP contribution in [0.5, 0.6) is 0 Å². The molecule has 0 saturated heterocycles. The first-order valence-electron chi connectivity index (χ1n) is 11.8. The average molecular weight is 421 g/mol. The monoisotopic (exact) mass is 420 g/mol. The van der Waals surface area contributed by atoms with Gasteiger partial charge in [0.15, 0.2) is 0 Å². The maximum Gasteiger partial charge on any atom is 0.242 e. The molecule has 1 atom stereocenters. The Morgan fingerprint density at radius 3 is 2.19 bits per heavy atom. The summed E-state index contributed by atoms with van der Waals surface area (Å²) in [4.78, 5) is 27.9. The fraction of sp³-hybridized carbons (Fsp3) is 0.481. The summed E-state index contributed by atoms with van der Waals surface area (Å²) in [6, 6.07) is 18.4. The van der Waals surface area contributed by atoms with E-state index < -0.39 is 6.04 Å². The van der Waals surface area contributed by atoms with E-state index in [1.807, 2.05) is 25.1 Å². The number of hydrogen-bond donors (Lipinski definition) is 1. The van der Waals surface area contributed by atoms with E-state index in [9.17, 15) is 9.59 Å². The van der Waals surface area contributed by atoms with Gasteiger partial charge in [0.2, 0.25) is 11.8 Å². The number of carbonyl (C=O) groups excluding carboxylic acids is 2. The highest BCUT2D eigenvalue weighted by Gasteiger charge is 2.27. The quantitative estimate of drug-likeness (QED) is 0.606. The zero-order chi connectivity index (χ0) is 22.1. The van der Waals surface area contributed by atoms with Gasteiger partial charge in [0.1, 0.15) is 6.04 Å². The molecule has 2 aromatic carbocycles. The fourth-order valence-electron chi connectivity index (χ4n) is 4.30. The van der Waals surface area contributed by atoms with Gasteiger partial charge >= 0.3 is 0 Å². The summed E-state index contributed by atoms with van der Waals surface area (Å²) >= 11 is 0. The van der Waals surface area contributed by atoms with Crippen molar-refractivity contribution in [3.05, 3.63) is 71.3 Å². The molecule has 0 unspecified atom stereocenters. The van der Waals surface area contributed by atoms with Crippen molar-refractivity contribution in [3.63, 3.8) is 0 Å². The molecule has 4 nitrogen and oxygen atoms in total. The third kappa shape index (κ3) is 6.95. The Morgan fingerprint density at radius 1 is 0.935 bits per heavy atom. The van der Waals surface area contributed by atoms with E-state index in [0.717, 1.165) is 31.2 Å². The standard InChI is InChI=1S/C27H36N2O2/c1-3-22-13-15-24(16-14-22)17-18-26(30)29(20-19-23-9-5-4-6-10-23)21(2)27(31)28-25-11-7-8-12-25/h4-6,9-10,13-16,21,25H,3,7-8,11-12,17-20H2,1-2H3,(H,28,31)/t21-/m0/s1. The van der Waals surface area contributed by atoms with E-state index in [2.05, 4.69) is 48.6 Å². The van der Waals surface area contributed by atoms with E-state index in [4.69, 9.17) is 0 Å². The number of rotatable bonds is 10. The summed E-state index contributed by atoms with van der Waals surface area (Å²) in [6.45, 7) is 4.56. The summed E-state index contributed by atoms with van der Waals surface area (Å²) in [5, 5.41) is 3.17. The molecule has 0 spiro atoms. The van der Waals surface area contributed by atoms with Crippen molar-refractivity contribution >= 4 is 11.8 Å². The second kappa shape index (κ2) is 11.7. The third-order valence-electron chi connectivity index (χ3n) is 6.41. The number of nitrogens with zero attached hydrogens (tertiary/aromatic N) is 1. The Balaban J connectivity index is 1.63. The van der Waals surface area contributed by atoms with E-state index in [1.54, 1.807) is 4.90 Å². The van der Waals surface area contributed by atoms with Gasteiger partial charge in [0.05, 0.1) is 0 Å². The number of benzene rings is 2. The van der Waals surface area contributed by atoms with Crippen molar-refractivity contribution in [3.8, 4) is 0 Å². The first-order chi connectivity index (χ1) is 15.1. The summed E-state index contributed by atoms with van der Waals surface area (Å²) in [5.74, 6) is 0.0187. The average Bonchev–Trinajstić information content (AvgIpc) is 3.31. The van der Waals surface area contributed by atoms with E-state index in [1.165, 1.54) is 24.0 Å². The zero-order valence-electron chi connectivity index (χ0n) is 19.0. The van der Waals surface area contributed by atoms with Gasteiger partial charge in [-0.1, -0.05) is 74.4 Å². The Labute approximate surface area is 187 Å². The minimum Gasteiger partial charge on any atom is -0.352 e. The van der Waals surface area contributed by atoms with Crippen molar-refractivity contribution in [2.24, 2.45) is 0 Å². The Hall–Kier alpha value is -2.62. The van der Waals surface area contributed by atoms with Crippen molar-refractivity contribution < 1.29 is 9.59 Å². The lowest BCUT2D eigenvalue weighted by Crippen LogP contribution is -2.50. The predicted molar refractivity (Wildman–Crippen MR) is 126 cm³/mol. The molecule has 166 valence electrons. The molecule has 0 heterocycles. The molecular formula is C27H36N2O2. The first kappa shape index (κ1) is 23.1. The molecule has 0 bridgehead atoms. The van der Waals surface area contributed by atoms with Crippen LogP contribution in [0.1, 0.15) is 62.6 Å². The summed E-state index contributed by atoms with van der Waals surface area (Å²) < 4.78 is 0. The molecule has 1 saturated carbocycles. The van der Waals surface area contributed by atoms with Crippen molar-refractivity contribution in [1.29, 1.82) is 0 Å². The van der Waals surface area contributed by atoms with Gasteiger partial charge in [0, 0.05) is 19.0 Å². The summed E-state index contributed by atoms with van der Waals surface area (Å²) in [5.41, 5.74) is 3.65. The number of nitrogens with one attached hydrogen (secondary N) is 1. The second-order valence-electron chi connectivity index (χ2n) is 8.66. The van der Waals surface area contributed by atoms with Gasteiger partial charge in [-0.2, -0.15) is 0 Å². The van der Waals surface area contributed by atoms with Gasteiger partial charge in [-0.15, -0.1) is 0 Å². The SMILES string of the molecule is CCc1ccc(CCC(=O)N(CCc2ccccc2)[C@@H](C)C(=O)NC2CCCC2)cc1. The lowest BCUT2D eigenvalue weighted by molar-refractivity contribution is -0.140. The molecule has 2 amide bonds. The Morgan fingerprint density at radius 2 is 1.55 bits per heavy atom. The zero-order valence-corrected chi connectivity index (χ0v) is 19.0. The Bertz CT molecular complexity index is 826. The molecule has 1 aliphatic rings. The molecule has 0 aliphatic heterocycles. The fourth-order valence-corrected chi connectivity index (χ4v) is 4.30. The minimum atomic E-state index is -0.459. The van der Waals surface area contributed by atoms with Crippen LogP contribution >= 0.6 is 0 Å². The lowest BCUT2D eigenvalue weighted by Gasteiger charge is -2.30. The highest BCUT2D eigenvalue weighted by atomic mass is 16.2. The second-order valence-corrected chi connectivity index (χ2v) is 8.66. The van der Waals surface area contributed by atoms with Gasteiger partial charge in [0.25, 0.3) is 0 Å². The van der Waals surface area contributed by atoms with Crippen LogP contribution in [-0.2, 0) is 28.9 Å². The van der Waals surface area contributed by atoms with Gasteiger partial charge < -0.3 is 10.2 Å². The van der Waals surface area contributed by atoms with Crippen LogP contribution in [-0.4, -0.2) is 35.3 Å². The number of carbonyl (C=O) groups is 2.